The second-order valence-corrected chi connectivity index (χ2v) is 6.40. The van der Waals surface area contributed by atoms with Crippen LogP contribution >= 0.6 is 15.9 Å². The number of hydrogen-bond donors (Lipinski definition) is 1. The molecule has 2 aromatic rings. The summed E-state index contributed by atoms with van der Waals surface area (Å²) < 4.78 is 3.66. The van der Waals surface area contributed by atoms with Gasteiger partial charge in [0.05, 0.1) is 23.8 Å². The third-order valence-electron chi connectivity index (χ3n) is 3.92. The number of nitrogens with one attached hydrogen (secondary N) is 1. The third-order valence-corrected chi connectivity index (χ3v) is 4.68. The zero-order chi connectivity index (χ0) is 15.7. The molecule has 1 atom stereocenters. The summed E-state index contributed by atoms with van der Waals surface area (Å²) in [5.41, 5.74) is 1.75. The smallest absolute Gasteiger partial charge is 0.282 e. The van der Waals surface area contributed by atoms with Gasteiger partial charge in [-0.25, -0.2) is 4.68 Å². The lowest BCUT2D eigenvalue weighted by molar-refractivity contribution is 0.529. The molecule has 1 saturated heterocycles. The summed E-state index contributed by atoms with van der Waals surface area (Å²) >= 11 is 3.36. The van der Waals surface area contributed by atoms with E-state index in [4.69, 9.17) is 0 Å². The molecule has 0 radical (unpaired) electrons. The summed E-state index contributed by atoms with van der Waals surface area (Å²) in [6.45, 7) is 1.91. The molecule has 0 saturated carbocycles. The SMILES string of the molecule is Cn1cc(N2CCCC(Nc3cnn(C)c(=O)c3Br)C2)cn1. The summed E-state index contributed by atoms with van der Waals surface area (Å²) in [5, 5.41) is 11.7. The molecular weight excluding hydrogens is 348 g/mol. The highest BCUT2D eigenvalue weighted by Crippen LogP contribution is 2.23. The summed E-state index contributed by atoms with van der Waals surface area (Å²) in [5.74, 6) is 0. The van der Waals surface area contributed by atoms with Gasteiger partial charge in [0.25, 0.3) is 5.56 Å². The molecule has 0 aromatic carbocycles. The highest BCUT2D eigenvalue weighted by Gasteiger charge is 2.22. The van der Waals surface area contributed by atoms with Crippen molar-refractivity contribution in [1.29, 1.82) is 0 Å². The van der Waals surface area contributed by atoms with Crippen molar-refractivity contribution in [1.82, 2.24) is 19.6 Å². The molecule has 1 fully saturated rings. The normalized spacial score (nSPS) is 18.5. The number of aromatic nitrogens is 4. The molecule has 2 aromatic heterocycles. The minimum Gasteiger partial charge on any atom is -0.378 e. The first-order chi connectivity index (χ1) is 10.5. The number of anilines is 2. The molecule has 0 spiro atoms. The van der Waals surface area contributed by atoms with E-state index in [1.165, 1.54) is 4.68 Å². The van der Waals surface area contributed by atoms with Crippen LogP contribution in [0.5, 0.6) is 0 Å². The van der Waals surface area contributed by atoms with Crippen LogP contribution < -0.4 is 15.8 Å². The van der Waals surface area contributed by atoms with Crippen molar-refractivity contribution < 1.29 is 0 Å². The first kappa shape index (κ1) is 15.1. The Bertz CT molecular complexity index is 724. The maximum Gasteiger partial charge on any atom is 0.282 e. The molecule has 7 nitrogen and oxygen atoms in total. The van der Waals surface area contributed by atoms with Gasteiger partial charge in [0.1, 0.15) is 4.47 Å². The van der Waals surface area contributed by atoms with Crippen LogP contribution in [0.15, 0.2) is 27.9 Å². The minimum atomic E-state index is -0.134. The highest BCUT2D eigenvalue weighted by atomic mass is 79.9. The lowest BCUT2D eigenvalue weighted by Crippen LogP contribution is -2.42. The molecule has 1 aliphatic rings. The van der Waals surface area contributed by atoms with E-state index in [0.717, 1.165) is 37.3 Å². The Morgan fingerprint density at radius 3 is 2.86 bits per heavy atom. The number of halogens is 1. The Kier molecular flexibility index (Phi) is 4.19. The molecule has 0 bridgehead atoms. The van der Waals surface area contributed by atoms with Gasteiger partial charge >= 0.3 is 0 Å². The zero-order valence-electron chi connectivity index (χ0n) is 12.7. The van der Waals surface area contributed by atoms with Gasteiger partial charge in [-0.3, -0.25) is 9.48 Å². The molecule has 8 heteroatoms. The minimum absolute atomic E-state index is 0.134. The van der Waals surface area contributed by atoms with E-state index < -0.39 is 0 Å². The van der Waals surface area contributed by atoms with E-state index in [1.807, 2.05) is 24.1 Å². The lowest BCUT2D eigenvalue weighted by Gasteiger charge is -2.34. The quantitative estimate of drug-likeness (QED) is 0.887. The standard InChI is InChI=1S/C14H19BrN6O/c1-19-9-11(6-16-19)21-5-3-4-10(8-21)18-12-7-17-20(2)14(22)13(12)15/h6-7,9-10,18H,3-5,8H2,1-2H3. The number of aryl methyl sites for hydroxylation is 2. The fourth-order valence-electron chi connectivity index (χ4n) is 2.73. The van der Waals surface area contributed by atoms with Gasteiger partial charge in [-0.15, -0.1) is 0 Å². The largest absolute Gasteiger partial charge is 0.378 e. The molecule has 0 amide bonds. The number of nitrogens with zero attached hydrogens (tertiary/aromatic N) is 5. The van der Waals surface area contributed by atoms with Crippen molar-refractivity contribution in [3.63, 3.8) is 0 Å². The zero-order valence-corrected chi connectivity index (χ0v) is 14.2. The van der Waals surface area contributed by atoms with Crippen LogP contribution in [0.4, 0.5) is 11.4 Å². The molecular formula is C14H19BrN6O. The Morgan fingerprint density at radius 1 is 1.32 bits per heavy atom. The van der Waals surface area contributed by atoms with Crippen LogP contribution in [0.1, 0.15) is 12.8 Å². The summed E-state index contributed by atoms with van der Waals surface area (Å²) in [6, 6.07) is 0.277. The van der Waals surface area contributed by atoms with Gasteiger partial charge in [0.15, 0.2) is 0 Å². The summed E-state index contributed by atoms with van der Waals surface area (Å²) in [4.78, 5) is 14.2. The van der Waals surface area contributed by atoms with E-state index in [9.17, 15) is 4.79 Å². The number of piperidine rings is 1. The van der Waals surface area contributed by atoms with Gasteiger partial charge < -0.3 is 10.2 Å². The number of hydrogen-bond acceptors (Lipinski definition) is 5. The van der Waals surface area contributed by atoms with E-state index in [2.05, 4.69) is 36.3 Å². The van der Waals surface area contributed by atoms with E-state index in [1.54, 1.807) is 13.2 Å². The van der Waals surface area contributed by atoms with E-state index in [-0.39, 0.29) is 11.6 Å². The second-order valence-electron chi connectivity index (χ2n) is 5.60. The van der Waals surface area contributed by atoms with Crippen molar-refractivity contribution in [3.8, 4) is 0 Å². The fraction of sp³-hybridized carbons (Fsp3) is 0.500. The van der Waals surface area contributed by atoms with Gasteiger partial charge in [-0.1, -0.05) is 0 Å². The maximum atomic E-state index is 11.9. The first-order valence-electron chi connectivity index (χ1n) is 7.26. The Morgan fingerprint density at radius 2 is 2.14 bits per heavy atom. The van der Waals surface area contributed by atoms with Crippen molar-refractivity contribution >= 4 is 27.3 Å². The molecule has 1 aliphatic heterocycles. The summed E-state index contributed by atoms with van der Waals surface area (Å²) in [7, 11) is 3.56. The second kappa shape index (κ2) is 6.12. The molecule has 3 heterocycles. The van der Waals surface area contributed by atoms with Gasteiger partial charge in [-0.2, -0.15) is 10.2 Å². The average Bonchev–Trinajstić information content (AvgIpc) is 2.95. The van der Waals surface area contributed by atoms with Crippen LogP contribution in [0.2, 0.25) is 0 Å². The van der Waals surface area contributed by atoms with Crippen molar-refractivity contribution in [2.45, 2.75) is 18.9 Å². The number of rotatable bonds is 3. The fourth-order valence-corrected chi connectivity index (χ4v) is 3.21. The Hall–Kier alpha value is -1.83. The molecule has 1 unspecified atom stereocenters. The van der Waals surface area contributed by atoms with Crippen molar-refractivity contribution in [2.75, 3.05) is 23.3 Å². The molecule has 3 rings (SSSR count). The third kappa shape index (κ3) is 3.01. The maximum absolute atomic E-state index is 11.9. The van der Waals surface area contributed by atoms with Crippen LogP contribution in [-0.2, 0) is 14.1 Å². The van der Waals surface area contributed by atoms with E-state index >= 15 is 0 Å². The first-order valence-corrected chi connectivity index (χ1v) is 8.06. The van der Waals surface area contributed by atoms with Crippen LogP contribution in [0.25, 0.3) is 0 Å². The van der Waals surface area contributed by atoms with Crippen molar-refractivity contribution in [3.05, 3.63) is 33.4 Å². The van der Waals surface area contributed by atoms with Gasteiger partial charge in [0, 0.05) is 39.4 Å². The predicted molar refractivity (Wildman–Crippen MR) is 89.2 cm³/mol. The molecule has 0 aliphatic carbocycles. The highest BCUT2D eigenvalue weighted by molar-refractivity contribution is 9.10. The summed E-state index contributed by atoms with van der Waals surface area (Å²) in [6.07, 6.45) is 7.77. The van der Waals surface area contributed by atoms with Crippen LogP contribution in [0.3, 0.4) is 0 Å². The van der Waals surface area contributed by atoms with Crippen molar-refractivity contribution in [2.24, 2.45) is 14.1 Å². The van der Waals surface area contributed by atoms with Gasteiger partial charge in [-0.05, 0) is 28.8 Å². The Labute approximate surface area is 137 Å². The predicted octanol–water partition coefficient (Wildman–Crippen LogP) is 1.36. The van der Waals surface area contributed by atoms with Crippen LogP contribution in [-0.4, -0.2) is 38.7 Å². The monoisotopic (exact) mass is 366 g/mol. The molecule has 118 valence electrons. The average molecular weight is 367 g/mol. The van der Waals surface area contributed by atoms with Gasteiger partial charge in [0.2, 0.25) is 0 Å². The molecule has 22 heavy (non-hydrogen) atoms. The van der Waals surface area contributed by atoms with E-state index in [0.29, 0.717) is 4.47 Å². The molecule has 1 N–H and O–H groups in total. The Balaban J connectivity index is 1.73. The topological polar surface area (TPSA) is 68.0 Å². The lowest BCUT2D eigenvalue weighted by atomic mass is 10.1. The van der Waals surface area contributed by atoms with Crippen LogP contribution in [0, 0.1) is 0 Å².